The first-order chi connectivity index (χ1) is 12.5. The smallest absolute Gasteiger partial charge is 0.190 e. The lowest BCUT2D eigenvalue weighted by Gasteiger charge is -2.23. The molecule has 0 amide bonds. The fraction of sp³-hybridized carbons (Fsp3) is 0.450. The zero-order chi connectivity index (χ0) is 18.3. The molecule has 6 nitrogen and oxygen atoms in total. The molecule has 4 atom stereocenters. The molecule has 6 heteroatoms. The average molecular weight is 357 g/mol. The van der Waals surface area contributed by atoms with E-state index in [9.17, 15) is 10.3 Å². The van der Waals surface area contributed by atoms with Gasteiger partial charge in [0.1, 0.15) is 18.3 Å². The molecule has 0 spiro atoms. The maximum absolute atomic E-state index is 10.5. The average Bonchev–Trinajstić information content (AvgIpc) is 3.08. The Kier molecular flexibility index (Phi) is 4.44. The van der Waals surface area contributed by atoms with Crippen LogP contribution in [-0.2, 0) is 20.6 Å². The molecule has 0 saturated carbocycles. The third-order valence-corrected chi connectivity index (χ3v) is 4.96. The third-order valence-electron chi connectivity index (χ3n) is 4.96. The molecular weight excluding hydrogens is 334 g/mol. The predicted molar refractivity (Wildman–Crippen MR) is 96.2 cm³/mol. The highest BCUT2D eigenvalue weighted by atomic mass is 16.8. The van der Waals surface area contributed by atoms with Gasteiger partial charge in [-0.1, -0.05) is 47.6 Å². The highest BCUT2D eigenvalue weighted by Crippen LogP contribution is 2.38. The quantitative estimate of drug-likeness (QED) is 0.500. The summed E-state index contributed by atoms with van der Waals surface area (Å²) in [4.78, 5) is 0. The van der Waals surface area contributed by atoms with E-state index in [4.69, 9.17) is 14.2 Å². The standard InChI is InChI=1S/C20H23NO5/c1-20(2)25-18-16(22)17(24-19(18)26-20)15(21-23)10-8-12-7-9-13-5-3-4-6-14(13)11-12/h3-7,9,11,16-19,22-23H,8,10H2,1-2H3/b21-15+/t16-,17+,18+,19+/m0/s1. The van der Waals surface area contributed by atoms with Crippen molar-refractivity contribution in [3.8, 4) is 0 Å². The fourth-order valence-electron chi connectivity index (χ4n) is 3.68. The summed E-state index contributed by atoms with van der Waals surface area (Å²) in [5.41, 5.74) is 1.52. The van der Waals surface area contributed by atoms with E-state index in [1.807, 2.05) is 12.1 Å². The summed E-state index contributed by atoms with van der Waals surface area (Å²) in [6, 6.07) is 14.4. The van der Waals surface area contributed by atoms with E-state index in [2.05, 4.69) is 35.5 Å². The second kappa shape index (κ2) is 6.63. The molecule has 2 aromatic rings. The normalized spacial score (nSPS) is 30.7. The largest absolute Gasteiger partial charge is 0.411 e. The molecule has 26 heavy (non-hydrogen) atoms. The number of nitrogens with zero attached hydrogens (tertiary/aromatic N) is 1. The first-order valence-electron chi connectivity index (χ1n) is 8.84. The summed E-state index contributed by atoms with van der Waals surface area (Å²) < 4.78 is 17.1. The monoisotopic (exact) mass is 357 g/mol. The molecule has 0 aliphatic carbocycles. The number of rotatable bonds is 4. The fourth-order valence-corrected chi connectivity index (χ4v) is 3.68. The molecule has 2 saturated heterocycles. The summed E-state index contributed by atoms with van der Waals surface area (Å²) in [6.45, 7) is 3.55. The minimum atomic E-state index is -0.927. The van der Waals surface area contributed by atoms with Crippen molar-refractivity contribution in [3.05, 3.63) is 48.0 Å². The van der Waals surface area contributed by atoms with E-state index < -0.39 is 30.4 Å². The highest BCUT2D eigenvalue weighted by molar-refractivity contribution is 5.89. The predicted octanol–water partition coefficient (Wildman–Crippen LogP) is 2.84. The van der Waals surface area contributed by atoms with Gasteiger partial charge in [0, 0.05) is 0 Å². The Hall–Kier alpha value is -1.99. The van der Waals surface area contributed by atoms with E-state index in [1.165, 1.54) is 10.8 Å². The van der Waals surface area contributed by atoms with Crippen molar-refractivity contribution in [2.24, 2.45) is 5.16 Å². The van der Waals surface area contributed by atoms with Crippen LogP contribution in [0.3, 0.4) is 0 Å². The van der Waals surface area contributed by atoms with Crippen molar-refractivity contribution in [2.75, 3.05) is 0 Å². The molecule has 138 valence electrons. The third kappa shape index (κ3) is 3.21. The van der Waals surface area contributed by atoms with Crippen LogP contribution in [0.4, 0.5) is 0 Å². The van der Waals surface area contributed by atoms with Crippen molar-refractivity contribution < 1.29 is 24.5 Å². The first-order valence-corrected chi connectivity index (χ1v) is 8.84. The van der Waals surface area contributed by atoms with Crippen LogP contribution < -0.4 is 0 Å². The topological polar surface area (TPSA) is 80.5 Å². The van der Waals surface area contributed by atoms with Gasteiger partial charge in [-0.3, -0.25) is 0 Å². The minimum Gasteiger partial charge on any atom is -0.411 e. The molecule has 0 unspecified atom stereocenters. The molecule has 0 bridgehead atoms. The molecule has 2 aliphatic rings. The molecule has 2 aliphatic heterocycles. The SMILES string of the molecule is CC1(C)O[C@H]2O[C@H](/C(CCc3ccc4ccccc4c3)=N/O)[C@H](O)[C@H]2O1. The van der Waals surface area contributed by atoms with Crippen LogP contribution in [0.25, 0.3) is 10.8 Å². The van der Waals surface area contributed by atoms with E-state index in [0.29, 0.717) is 18.6 Å². The second-order valence-electron chi connectivity index (χ2n) is 7.29. The number of oxime groups is 1. The number of hydrogen-bond acceptors (Lipinski definition) is 6. The first kappa shape index (κ1) is 17.4. The number of aryl methyl sites for hydroxylation is 1. The molecule has 0 aromatic heterocycles. The maximum atomic E-state index is 10.5. The molecule has 4 rings (SSSR count). The van der Waals surface area contributed by atoms with Gasteiger partial charge in [-0.25, -0.2) is 0 Å². The van der Waals surface area contributed by atoms with E-state index >= 15 is 0 Å². The Bertz CT molecular complexity index is 834. The van der Waals surface area contributed by atoms with Gasteiger partial charge in [-0.15, -0.1) is 0 Å². The van der Waals surface area contributed by atoms with Crippen LogP contribution in [-0.4, -0.2) is 46.4 Å². The Balaban J connectivity index is 1.44. The van der Waals surface area contributed by atoms with Crippen molar-refractivity contribution in [3.63, 3.8) is 0 Å². The van der Waals surface area contributed by atoms with Gasteiger partial charge in [0.05, 0.1) is 5.71 Å². The number of aliphatic hydroxyl groups is 1. The van der Waals surface area contributed by atoms with Gasteiger partial charge < -0.3 is 24.5 Å². The van der Waals surface area contributed by atoms with Crippen molar-refractivity contribution in [1.29, 1.82) is 0 Å². The zero-order valence-electron chi connectivity index (χ0n) is 14.8. The van der Waals surface area contributed by atoms with Gasteiger partial charge in [0.2, 0.25) is 0 Å². The highest BCUT2D eigenvalue weighted by Gasteiger charge is 2.55. The summed E-state index contributed by atoms with van der Waals surface area (Å²) in [7, 11) is 0. The summed E-state index contributed by atoms with van der Waals surface area (Å²) in [6.07, 6.45) is -1.73. The Morgan fingerprint density at radius 3 is 2.62 bits per heavy atom. The van der Waals surface area contributed by atoms with Crippen LogP contribution in [0.2, 0.25) is 0 Å². The number of benzene rings is 2. The Morgan fingerprint density at radius 1 is 1.12 bits per heavy atom. The van der Waals surface area contributed by atoms with Crippen molar-refractivity contribution in [1.82, 2.24) is 0 Å². The van der Waals surface area contributed by atoms with E-state index in [1.54, 1.807) is 13.8 Å². The van der Waals surface area contributed by atoms with Gasteiger partial charge in [-0.05, 0) is 43.0 Å². The van der Waals surface area contributed by atoms with Crippen LogP contribution in [0.1, 0.15) is 25.8 Å². The zero-order valence-corrected chi connectivity index (χ0v) is 14.8. The molecule has 2 aromatic carbocycles. The van der Waals surface area contributed by atoms with Crippen LogP contribution >= 0.6 is 0 Å². The number of fused-ring (bicyclic) bond motifs is 2. The lowest BCUT2D eigenvalue weighted by molar-refractivity contribution is -0.207. The summed E-state index contributed by atoms with van der Waals surface area (Å²) >= 11 is 0. The molecule has 2 N–H and O–H groups in total. The van der Waals surface area contributed by atoms with Crippen molar-refractivity contribution >= 4 is 16.5 Å². The minimum absolute atomic E-state index is 0.394. The van der Waals surface area contributed by atoms with E-state index in [0.717, 1.165) is 5.56 Å². The number of ether oxygens (including phenoxy) is 3. The molecule has 0 radical (unpaired) electrons. The Labute approximate surface area is 152 Å². The molecular formula is C20H23NO5. The van der Waals surface area contributed by atoms with Crippen molar-refractivity contribution in [2.45, 2.75) is 57.1 Å². The van der Waals surface area contributed by atoms with Gasteiger partial charge in [0.25, 0.3) is 0 Å². The lowest BCUT2D eigenvalue weighted by atomic mass is 9.98. The summed E-state index contributed by atoms with van der Waals surface area (Å²) in [5.74, 6) is -0.789. The van der Waals surface area contributed by atoms with Gasteiger partial charge in [0.15, 0.2) is 12.1 Å². The van der Waals surface area contributed by atoms with Gasteiger partial charge >= 0.3 is 0 Å². The van der Waals surface area contributed by atoms with Gasteiger partial charge in [-0.2, -0.15) is 0 Å². The maximum Gasteiger partial charge on any atom is 0.190 e. The molecule has 2 heterocycles. The Morgan fingerprint density at radius 2 is 1.88 bits per heavy atom. The second-order valence-corrected chi connectivity index (χ2v) is 7.29. The lowest BCUT2D eigenvalue weighted by Crippen LogP contribution is -2.38. The van der Waals surface area contributed by atoms with Crippen LogP contribution in [0.15, 0.2) is 47.6 Å². The molecule has 2 fully saturated rings. The van der Waals surface area contributed by atoms with Crippen LogP contribution in [0.5, 0.6) is 0 Å². The number of hydrogen-bond donors (Lipinski definition) is 2. The van der Waals surface area contributed by atoms with Crippen LogP contribution in [0, 0.1) is 0 Å². The van der Waals surface area contributed by atoms with E-state index in [-0.39, 0.29) is 0 Å². The number of aliphatic hydroxyl groups excluding tert-OH is 1. The summed E-state index contributed by atoms with van der Waals surface area (Å²) in [5, 5.41) is 25.7.